The monoisotopic (exact) mass is 369 g/mol. The highest BCUT2D eigenvalue weighted by molar-refractivity contribution is 6.99. The van der Waals surface area contributed by atoms with Gasteiger partial charge in [-0.25, -0.2) is 0 Å². The van der Waals surface area contributed by atoms with E-state index >= 15 is 0 Å². The maximum absolute atomic E-state index is 6.88. The Kier molecular flexibility index (Phi) is 7.63. The van der Waals surface area contributed by atoms with E-state index in [-0.39, 0.29) is 5.04 Å². The van der Waals surface area contributed by atoms with Crippen LogP contribution in [-0.2, 0) is 4.43 Å². The minimum atomic E-state index is -2.38. The second-order valence-electron chi connectivity index (χ2n) is 8.20. The predicted molar refractivity (Wildman–Crippen MR) is 116 cm³/mol. The Morgan fingerprint density at radius 3 is 1.81 bits per heavy atom. The highest BCUT2D eigenvalue weighted by atomic mass is 28.4. The van der Waals surface area contributed by atoms with E-state index < -0.39 is 8.32 Å². The Balaban J connectivity index is 2.32. The maximum Gasteiger partial charge on any atom is 0.261 e. The molecule has 26 heavy (non-hydrogen) atoms. The van der Waals surface area contributed by atoms with E-state index in [1.165, 1.54) is 10.4 Å². The summed E-state index contributed by atoms with van der Waals surface area (Å²) in [6.45, 7) is 9.93. The van der Waals surface area contributed by atoms with Crippen molar-refractivity contribution in [3.8, 4) is 0 Å². The van der Waals surface area contributed by atoms with Crippen molar-refractivity contribution in [2.24, 2.45) is 5.73 Å². The molecular formula is C23H35NOSi. The van der Waals surface area contributed by atoms with Crippen LogP contribution in [0.2, 0.25) is 5.04 Å². The molecule has 1 unspecified atom stereocenters. The minimum absolute atomic E-state index is 0.0429. The van der Waals surface area contributed by atoms with Gasteiger partial charge in [0.25, 0.3) is 8.32 Å². The molecule has 2 N–H and O–H groups in total. The molecule has 0 spiro atoms. The molecule has 2 nitrogen and oxygen atoms in total. The van der Waals surface area contributed by atoms with Crippen molar-refractivity contribution < 1.29 is 4.43 Å². The summed E-state index contributed by atoms with van der Waals surface area (Å²) in [5, 5.41) is 2.73. The van der Waals surface area contributed by atoms with Crippen molar-refractivity contribution in [1.82, 2.24) is 0 Å². The highest BCUT2D eigenvalue weighted by Gasteiger charge is 2.49. The van der Waals surface area contributed by atoms with Gasteiger partial charge in [0.2, 0.25) is 0 Å². The largest absolute Gasteiger partial charge is 0.407 e. The molecule has 0 fully saturated rings. The summed E-state index contributed by atoms with van der Waals surface area (Å²) in [6.07, 6.45) is 4.30. The fourth-order valence-corrected chi connectivity index (χ4v) is 8.45. The number of hydrogen-bond acceptors (Lipinski definition) is 2. The van der Waals surface area contributed by atoms with Gasteiger partial charge in [-0.05, 0) is 34.7 Å². The number of hydrogen-bond donors (Lipinski definition) is 1. The lowest BCUT2D eigenvalue weighted by atomic mass is 10.1. The van der Waals surface area contributed by atoms with Gasteiger partial charge in [0.15, 0.2) is 0 Å². The third-order valence-corrected chi connectivity index (χ3v) is 10.2. The predicted octanol–water partition coefficient (Wildman–Crippen LogP) is 4.47. The summed E-state index contributed by atoms with van der Waals surface area (Å²) in [7, 11) is -2.38. The molecule has 0 heterocycles. The lowest BCUT2D eigenvalue weighted by molar-refractivity contribution is 0.282. The van der Waals surface area contributed by atoms with E-state index in [1.807, 2.05) is 0 Å². The Bertz CT molecular complexity index is 597. The molecule has 2 aromatic rings. The van der Waals surface area contributed by atoms with Gasteiger partial charge >= 0.3 is 0 Å². The molecule has 0 aliphatic rings. The summed E-state index contributed by atoms with van der Waals surface area (Å²) >= 11 is 0. The van der Waals surface area contributed by atoms with Gasteiger partial charge < -0.3 is 10.2 Å². The molecule has 0 amide bonds. The van der Waals surface area contributed by atoms with E-state index in [9.17, 15) is 0 Å². The van der Waals surface area contributed by atoms with Gasteiger partial charge in [0.1, 0.15) is 0 Å². The standard InChI is InChI=1S/C23H35NOSi/c1-5-13-20(24)14-12-19-25-26(23(2,3)4,21-15-8-6-9-16-21)22-17-10-7-11-18-22/h6-11,15-18,20H,5,12-14,19,24H2,1-4H3. The zero-order chi connectivity index (χ0) is 19.0. The highest BCUT2D eigenvalue weighted by Crippen LogP contribution is 2.36. The number of benzene rings is 2. The molecule has 0 radical (unpaired) electrons. The minimum Gasteiger partial charge on any atom is -0.407 e. The molecule has 0 aliphatic carbocycles. The molecule has 142 valence electrons. The Morgan fingerprint density at radius 1 is 0.885 bits per heavy atom. The zero-order valence-corrected chi connectivity index (χ0v) is 17.9. The van der Waals surface area contributed by atoms with Crippen LogP contribution in [0.5, 0.6) is 0 Å². The summed E-state index contributed by atoms with van der Waals surface area (Å²) < 4.78 is 6.88. The summed E-state index contributed by atoms with van der Waals surface area (Å²) in [4.78, 5) is 0. The molecule has 2 aromatic carbocycles. The van der Waals surface area contributed by atoms with E-state index in [2.05, 4.69) is 88.4 Å². The SMILES string of the molecule is CCCC(N)CCCO[Si](c1ccccc1)(c1ccccc1)C(C)(C)C. The second-order valence-corrected chi connectivity index (χ2v) is 12.5. The quantitative estimate of drug-likeness (QED) is 0.523. The fraction of sp³-hybridized carbons (Fsp3) is 0.478. The van der Waals surface area contributed by atoms with Gasteiger partial charge in [-0.3, -0.25) is 0 Å². The van der Waals surface area contributed by atoms with E-state index in [0.717, 1.165) is 32.3 Å². The van der Waals surface area contributed by atoms with Crippen LogP contribution in [0.4, 0.5) is 0 Å². The van der Waals surface area contributed by atoms with Crippen LogP contribution in [0.25, 0.3) is 0 Å². The topological polar surface area (TPSA) is 35.2 Å². The van der Waals surface area contributed by atoms with Crippen LogP contribution in [0, 0.1) is 0 Å². The smallest absolute Gasteiger partial charge is 0.261 e. The van der Waals surface area contributed by atoms with Crippen molar-refractivity contribution in [2.75, 3.05) is 6.61 Å². The van der Waals surface area contributed by atoms with Crippen molar-refractivity contribution in [3.63, 3.8) is 0 Å². The van der Waals surface area contributed by atoms with Gasteiger partial charge in [0, 0.05) is 12.6 Å². The first-order valence-electron chi connectivity index (χ1n) is 9.92. The normalized spacial score (nSPS) is 13.6. The Hall–Kier alpha value is -1.42. The van der Waals surface area contributed by atoms with Crippen LogP contribution < -0.4 is 16.1 Å². The molecule has 1 atom stereocenters. The van der Waals surface area contributed by atoms with Gasteiger partial charge in [-0.15, -0.1) is 0 Å². The lowest BCUT2D eigenvalue weighted by Gasteiger charge is -2.43. The van der Waals surface area contributed by atoms with Crippen LogP contribution >= 0.6 is 0 Å². The molecule has 3 heteroatoms. The van der Waals surface area contributed by atoms with Crippen LogP contribution in [0.3, 0.4) is 0 Å². The second kappa shape index (κ2) is 9.49. The number of nitrogens with two attached hydrogens (primary N) is 1. The molecule has 2 rings (SSSR count). The van der Waals surface area contributed by atoms with Crippen LogP contribution in [0.15, 0.2) is 60.7 Å². The summed E-state index contributed by atoms with van der Waals surface area (Å²) in [6, 6.07) is 22.0. The van der Waals surface area contributed by atoms with E-state index in [0.29, 0.717) is 6.04 Å². The van der Waals surface area contributed by atoms with Crippen LogP contribution in [0.1, 0.15) is 53.4 Å². The molecule has 0 aromatic heterocycles. The maximum atomic E-state index is 6.88. The molecule has 0 saturated carbocycles. The third kappa shape index (κ3) is 4.85. The Morgan fingerprint density at radius 2 is 1.38 bits per heavy atom. The van der Waals surface area contributed by atoms with Crippen LogP contribution in [-0.4, -0.2) is 21.0 Å². The molecular weight excluding hydrogens is 334 g/mol. The average Bonchev–Trinajstić information content (AvgIpc) is 2.62. The van der Waals surface area contributed by atoms with E-state index in [1.54, 1.807) is 0 Å². The van der Waals surface area contributed by atoms with Crippen molar-refractivity contribution in [2.45, 2.75) is 64.5 Å². The van der Waals surface area contributed by atoms with Gasteiger partial charge in [-0.2, -0.15) is 0 Å². The van der Waals surface area contributed by atoms with E-state index in [4.69, 9.17) is 10.2 Å². The molecule has 0 aliphatic heterocycles. The fourth-order valence-electron chi connectivity index (χ4n) is 3.85. The summed E-state index contributed by atoms with van der Waals surface area (Å²) in [5.74, 6) is 0. The molecule has 0 saturated heterocycles. The molecule has 0 bridgehead atoms. The zero-order valence-electron chi connectivity index (χ0n) is 16.9. The first-order valence-corrected chi connectivity index (χ1v) is 11.8. The lowest BCUT2D eigenvalue weighted by Crippen LogP contribution is -2.66. The van der Waals surface area contributed by atoms with Gasteiger partial charge in [-0.1, -0.05) is 94.8 Å². The van der Waals surface area contributed by atoms with Crippen molar-refractivity contribution in [1.29, 1.82) is 0 Å². The first kappa shape index (κ1) is 20.9. The number of rotatable bonds is 9. The van der Waals surface area contributed by atoms with Gasteiger partial charge in [0.05, 0.1) is 0 Å². The van der Waals surface area contributed by atoms with Crippen molar-refractivity contribution >= 4 is 18.7 Å². The average molecular weight is 370 g/mol. The Labute approximate surface area is 160 Å². The summed E-state index contributed by atoms with van der Waals surface area (Å²) in [5.41, 5.74) is 6.20. The van der Waals surface area contributed by atoms with Crippen molar-refractivity contribution in [3.05, 3.63) is 60.7 Å². The third-order valence-electron chi connectivity index (χ3n) is 5.11. The first-order chi connectivity index (χ1) is 12.4.